The zero-order chi connectivity index (χ0) is 28.8. The monoisotopic (exact) mass is 556 g/mol. The second-order valence-electron chi connectivity index (χ2n) is 11.2. The molecule has 9 heteroatoms. The van der Waals surface area contributed by atoms with E-state index in [-0.39, 0.29) is 31.1 Å². The molecule has 1 aromatic heterocycles. The molecule has 5 rings (SSSR count). The van der Waals surface area contributed by atoms with E-state index in [1.54, 1.807) is 6.07 Å². The number of aromatic nitrogens is 1. The summed E-state index contributed by atoms with van der Waals surface area (Å²) < 4.78 is 0. The van der Waals surface area contributed by atoms with Crippen molar-refractivity contribution in [3.8, 4) is 0 Å². The predicted octanol–water partition coefficient (Wildman–Crippen LogP) is 3.44. The summed E-state index contributed by atoms with van der Waals surface area (Å²) in [6.45, 7) is 0.733. The number of benzene rings is 2. The quantitative estimate of drug-likeness (QED) is 0.189. The smallest absolute Gasteiger partial charge is 0.289 e. The molecule has 3 aromatic rings. The Kier molecular flexibility index (Phi) is 8.91. The molecule has 9 nitrogen and oxygen atoms in total. The van der Waals surface area contributed by atoms with Crippen LogP contribution in [0.25, 0.3) is 10.9 Å². The first-order chi connectivity index (χ1) is 19.9. The van der Waals surface area contributed by atoms with Crippen LogP contribution in [0.4, 0.5) is 0 Å². The Labute approximate surface area is 238 Å². The number of H-pyrrole nitrogens is 1. The number of piperidine rings is 1. The third kappa shape index (κ3) is 7.48. The van der Waals surface area contributed by atoms with Gasteiger partial charge in [0.05, 0.1) is 11.7 Å². The molecule has 41 heavy (non-hydrogen) atoms. The highest BCUT2D eigenvalue weighted by Crippen LogP contribution is 2.37. The van der Waals surface area contributed by atoms with Gasteiger partial charge in [0.1, 0.15) is 0 Å². The van der Waals surface area contributed by atoms with Crippen LogP contribution in [0.5, 0.6) is 0 Å². The molecule has 2 aromatic carbocycles. The zero-order valence-corrected chi connectivity index (χ0v) is 23.0. The number of Topliss-reactive ketones (excluding diaryl/α,β-unsaturated/α-hetero) is 2. The number of hydrogen-bond donors (Lipinski definition) is 4. The molecule has 0 spiro atoms. The van der Waals surface area contributed by atoms with Gasteiger partial charge in [-0.1, -0.05) is 61.4 Å². The SMILES string of the molecule is O=C(NCc1ccccc1)C(=O)[C@H](C[C@@H]1CCCNC1=O)NC(=O)[C@@H](CC(=O)c1cc2ccccc2[nH]1)CC1CC1. The predicted molar refractivity (Wildman–Crippen MR) is 154 cm³/mol. The summed E-state index contributed by atoms with van der Waals surface area (Å²) >= 11 is 0. The third-order valence-corrected chi connectivity index (χ3v) is 8.02. The summed E-state index contributed by atoms with van der Waals surface area (Å²) in [5.74, 6) is -3.20. The average Bonchev–Trinajstić information content (AvgIpc) is 3.70. The van der Waals surface area contributed by atoms with Gasteiger partial charge in [0.25, 0.3) is 5.91 Å². The van der Waals surface area contributed by atoms with E-state index in [1.165, 1.54) is 0 Å². The lowest BCUT2D eigenvalue weighted by molar-refractivity contribution is -0.141. The van der Waals surface area contributed by atoms with Gasteiger partial charge in [0, 0.05) is 42.2 Å². The van der Waals surface area contributed by atoms with Crippen LogP contribution in [0.2, 0.25) is 0 Å². The van der Waals surface area contributed by atoms with Crippen LogP contribution in [-0.4, -0.2) is 46.9 Å². The van der Waals surface area contributed by atoms with Gasteiger partial charge in [-0.2, -0.15) is 0 Å². The van der Waals surface area contributed by atoms with Gasteiger partial charge in [-0.25, -0.2) is 0 Å². The molecule has 0 unspecified atom stereocenters. The van der Waals surface area contributed by atoms with Crippen LogP contribution in [-0.2, 0) is 25.7 Å². The maximum Gasteiger partial charge on any atom is 0.289 e. The number of para-hydroxylation sites is 1. The van der Waals surface area contributed by atoms with Crippen LogP contribution in [0.1, 0.15) is 61.0 Å². The van der Waals surface area contributed by atoms with Crippen LogP contribution in [0.3, 0.4) is 0 Å². The second kappa shape index (κ2) is 12.9. The number of carbonyl (C=O) groups excluding carboxylic acids is 5. The topological polar surface area (TPSA) is 137 Å². The Hall–Kier alpha value is -4.27. The molecule has 1 aliphatic carbocycles. The van der Waals surface area contributed by atoms with Gasteiger partial charge >= 0.3 is 0 Å². The van der Waals surface area contributed by atoms with E-state index in [2.05, 4.69) is 20.9 Å². The van der Waals surface area contributed by atoms with E-state index in [1.807, 2.05) is 54.6 Å². The first kappa shape index (κ1) is 28.3. The summed E-state index contributed by atoms with van der Waals surface area (Å²) in [6.07, 6.45) is 3.87. The molecular weight excluding hydrogens is 520 g/mol. The number of nitrogens with one attached hydrogen (secondary N) is 4. The Bertz CT molecular complexity index is 1400. The number of rotatable bonds is 13. The van der Waals surface area contributed by atoms with Crippen LogP contribution >= 0.6 is 0 Å². The van der Waals surface area contributed by atoms with Gasteiger partial charge in [-0.05, 0) is 49.3 Å². The van der Waals surface area contributed by atoms with Gasteiger partial charge in [-0.15, -0.1) is 0 Å². The maximum atomic E-state index is 13.6. The van der Waals surface area contributed by atoms with Crippen molar-refractivity contribution in [2.24, 2.45) is 17.8 Å². The first-order valence-electron chi connectivity index (χ1n) is 14.4. The minimum absolute atomic E-state index is 0.0137. The summed E-state index contributed by atoms with van der Waals surface area (Å²) in [6, 6.07) is 17.4. The highest BCUT2D eigenvalue weighted by atomic mass is 16.2. The molecule has 1 aliphatic heterocycles. The van der Waals surface area contributed by atoms with Crippen molar-refractivity contribution in [3.05, 3.63) is 71.9 Å². The fraction of sp³-hybridized carbons (Fsp3) is 0.406. The fourth-order valence-electron chi connectivity index (χ4n) is 5.49. The van der Waals surface area contributed by atoms with Crippen molar-refractivity contribution in [3.63, 3.8) is 0 Å². The van der Waals surface area contributed by atoms with Crippen molar-refractivity contribution in [2.75, 3.05) is 6.54 Å². The Balaban J connectivity index is 1.29. The molecule has 1 saturated heterocycles. The van der Waals surface area contributed by atoms with E-state index in [0.717, 1.165) is 35.7 Å². The summed E-state index contributed by atoms with van der Waals surface area (Å²) in [4.78, 5) is 68.8. The molecule has 4 N–H and O–H groups in total. The number of ketones is 2. The lowest BCUT2D eigenvalue weighted by atomic mass is 9.88. The van der Waals surface area contributed by atoms with Crippen molar-refractivity contribution in [1.82, 2.24) is 20.9 Å². The van der Waals surface area contributed by atoms with Crippen LogP contribution < -0.4 is 16.0 Å². The minimum atomic E-state index is -1.17. The van der Waals surface area contributed by atoms with Crippen LogP contribution in [0, 0.1) is 17.8 Å². The third-order valence-electron chi connectivity index (χ3n) is 8.02. The lowest BCUT2D eigenvalue weighted by Crippen LogP contribution is -2.51. The molecule has 2 fully saturated rings. The maximum absolute atomic E-state index is 13.6. The Morgan fingerprint density at radius 1 is 0.927 bits per heavy atom. The van der Waals surface area contributed by atoms with Crippen molar-refractivity contribution >= 4 is 40.2 Å². The van der Waals surface area contributed by atoms with Crippen molar-refractivity contribution < 1.29 is 24.0 Å². The molecular formula is C32H36N4O5. The zero-order valence-electron chi connectivity index (χ0n) is 23.0. The molecule has 2 heterocycles. The van der Waals surface area contributed by atoms with Crippen LogP contribution in [0.15, 0.2) is 60.7 Å². The van der Waals surface area contributed by atoms with Gasteiger partial charge < -0.3 is 20.9 Å². The van der Waals surface area contributed by atoms with E-state index >= 15 is 0 Å². The molecule has 2 aliphatic rings. The summed E-state index contributed by atoms with van der Waals surface area (Å²) in [7, 11) is 0. The van der Waals surface area contributed by atoms with E-state index in [0.29, 0.717) is 31.0 Å². The highest BCUT2D eigenvalue weighted by molar-refractivity contribution is 6.38. The number of carbonyl (C=O) groups is 5. The summed E-state index contributed by atoms with van der Waals surface area (Å²) in [5.41, 5.74) is 2.12. The Morgan fingerprint density at radius 2 is 1.68 bits per heavy atom. The van der Waals surface area contributed by atoms with Gasteiger partial charge in [0.2, 0.25) is 17.6 Å². The first-order valence-corrected chi connectivity index (χ1v) is 14.4. The van der Waals surface area contributed by atoms with Gasteiger partial charge in [-0.3, -0.25) is 24.0 Å². The largest absolute Gasteiger partial charge is 0.356 e. The fourth-order valence-corrected chi connectivity index (χ4v) is 5.49. The summed E-state index contributed by atoms with van der Waals surface area (Å²) in [5, 5.41) is 9.15. The number of amides is 3. The lowest BCUT2D eigenvalue weighted by Gasteiger charge is -2.27. The Morgan fingerprint density at radius 3 is 2.41 bits per heavy atom. The minimum Gasteiger partial charge on any atom is -0.356 e. The van der Waals surface area contributed by atoms with Crippen molar-refractivity contribution in [2.45, 2.75) is 57.5 Å². The molecule has 3 atom stereocenters. The molecule has 3 amide bonds. The molecule has 0 radical (unpaired) electrons. The van der Waals surface area contributed by atoms with Gasteiger partial charge in [0.15, 0.2) is 5.78 Å². The molecule has 214 valence electrons. The molecule has 1 saturated carbocycles. The average molecular weight is 557 g/mol. The van der Waals surface area contributed by atoms with Crippen molar-refractivity contribution in [1.29, 1.82) is 0 Å². The highest BCUT2D eigenvalue weighted by Gasteiger charge is 2.36. The van der Waals surface area contributed by atoms with E-state index in [4.69, 9.17) is 0 Å². The number of aromatic amines is 1. The number of hydrogen-bond acceptors (Lipinski definition) is 5. The number of fused-ring (bicyclic) bond motifs is 1. The second-order valence-corrected chi connectivity index (χ2v) is 11.2. The molecule has 0 bridgehead atoms. The van der Waals surface area contributed by atoms with E-state index in [9.17, 15) is 24.0 Å². The standard InChI is InChI=1S/C32H36N4O5/c37-28(26-16-22-9-4-5-11-25(22)35-26)18-24(15-20-12-13-20)31(40)36-27(17-23-10-6-14-33-30(23)39)29(38)32(41)34-19-21-7-2-1-3-8-21/h1-5,7-9,11,16,20,23-24,27,35H,6,10,12-15,17-19H2,(H,33,39)(H,34,41)(H,36,40)/t23-,24+,27-/m0/s1. The normalized spacial score (nSPS) is 18.2. The van der Waals surface area contributed by atoms with E-state index < -0.39 is 35.5 Å².